The number of anilines is 1. The highest BCUT2D eigenvalue weighted by molar-refractivity contribution is 6.32. The lowest BCUT2D eigenvalue weighted by molar-refractivity contribution is -0.386. The smallest absolute Gasteiger partial charge is 0.328 e. The van der Waals surface area contributed by atoms with Crippen molar-refractivity contribution in [3.8, 4) is 11.5 Å². The Morgan fingerprint density at radius 3 is 2.45 bits per heavy atom. The Kier molecular flexibility index (Phi) is 6.99. The van der Waals surface area contributed by atoms with Crippen molar-refractivity contribution in [2.75, 3.05) is 26.1 Å². The lowest BCUT2D eigenvalue weighted by Gasteiger charge is -2.13. The third kappa shape index (κ3) is 5.13. The highest BCUT2D eigenvalue weighted by Gasteiger charge is 2.23. The van der Waals surface area contributed by atoms with Crippen LogP contribution < -0.4 is 14.8 Å². The molecule has 0 atom stereocenters. The number of halogens is 1. The van der Waals surface area contributed by atoms with E-state index in [1.807, 2.05) is 0 Å². The number of hydrogen-bond acceptors (Lipinski definition) is 8. The SMILES string of the molecule is COc1cc(OC)c(NC(=O)COC(=O)Cn2nc(C)c([N+](=O)[O-])c2C)cc1Cl. The summed E-state index contributed by atoms with van der Waals surface area (Å²) in [6.45, 7) is 1.99. The van der Waals surface area contributed by atoms with Crippen LogP contribution in [0.5, 0.6) is 11.5 Å². The Hall–Kier alpha value is -3.34. The van der Waals surface area contributed by atoms with Gasteiger partial charge in [0, 0.05) is 6.07 Å². The molecule has 0 aliphatic carbocycles. The molecule has 2 aromatic rings. The molecule has 11 nitrogen and oxygen atoms in total. The molecule has 0 aliphatic heterocycles. The maximum absolute atomic E-state index is 12.1. The Labute approximate surface area is 170 Å². The average Bonchev–Trinajstić information content (AvgIpc) is 2.93. The Morgan fingerprint density at radius 2 is 1.90 bits per heavy atom. The van der Waals surface area contributed by atoms with Gasteiger partial charge in [0.25, 0.3) is 5.91 Å². The Balaban J connectivity index is 1.98. The second-order valence-electron chi connectivity index (χ2n) is 5.83. The second kappa shape index (κ2) is 9.24. The van der Waals surface area contributed by atoms with Crippen LogP contribution in [-0.4, -0.2) is 47.4 Å². The standard InChI is InChI=1S/C17H19ClN4O7/c1-9-17(22(25)26)10(2)21(20-9)7-16(24)29-8-15(23)19-12-5-11(18)13(27-3)6-14(12)28-4/h5-6H,7-8H2,1-4H3,(H,19,23). The van der Waals surface area contributed by atoms with Gasteiger partial charge in [0.2, 0.25) is 0 Å². The molecule has 0 saturated heterocycles. The fraction of sp³-hybridized carbons (Fsp3) is 0.353. The van der Waals surface area contributed by atoms with Gasteiger partial charge in [0.15, 0.2) is 6.61 Å². The minimum absolute atomic E-state index is 0.168. The Morgan fingerprint density at radius 1 is 1.24 bits per heavy atom. The number of ether oxygens (including phenoxy) is 3. The number of benzene rings is 1. The maximum atomic E-state index is 12.1. The number of aromatic nitrogens is 2. The van der Waals surface area contributed by atoms with Gasteiger partial charge >= 0.3 is 11.7 Å². The van der Waals surface area contributed by atoms with Crippen molar-refractivity contribution in [1.29, 1.82) is 0 Å². The topological polar surface area (TPSA) is 135 Å². The molecule has 29 heavy (non-hydrogen) atoms. The second-order valence-corrected chi connectivity index (χ2v) is 6.24. The summed E-state index contributed by atoms with van der Waals surface area (Å²) in [5.74, 6) is -0.731. The zero-order valence-corrected chi connectivity index (χ0v) is 16.9. The van der Waals surface area contributed by atoms with E-state index in [0.717, 1.165) is 4.68 Å². The zero-order chi connectivity index (χ0) is 21.7. The van der Waals surface area contributed by atoms with Crippen LogP contribution in [0.25, 0.3) is 0 Å². The molecular formula is C17H19ClN4O7. The lowest BCUT2D eigenvalue weighted by atomic mass is 10.2. The van der Waals surface area contributed by atoms with Crippen LogP contribution in [0.2, 0.25) is 5.02 Å². The number of nitro groups is 1. The average molecular weight is 427 g/mol. The van der Waals surface area contributed by atoms with Crippen LogP contribution in [0.4, 0.5) is 11.4 Å². The molecule has 0 radical (unpaired) electrons. The van der Waals surface area contributed by atoms with Gasteiger partial charge in [-0.3, -0.25) is 24.4 Å². The van der Waals surface area contributed by atoms with E-state index < -0.39 is 23.4 Å². The molecule has 0 spiro atoms. The van der Waals surface area contributed by atoms with Crippen molar-refractivity contribution in [3.63, 3.8) is 0 Å². The maximum Gasteiger partial charge on any atom is 0.328 e. The first-order valence-electron chi connectivity index (χ1n) is 8.23. The fourth-order valence-electron chi connectivity index (χ4n) is 2.56. The van der Waals surface area contributed by atoms with Crippen LogP contribution >= 0.6 is 11.6 Å². The molecular weight excluding hydrogens is 408 g/mol. The zero-order valence-electron chi connectivity index (χ0n) is 16.1. The monoisotopic (exact) mass is 426 g/mol. The van der Waals surface area contributed by atoms with Gasteiger partial charge < -0.3 is 19.5 Å². The summed E-state index contributed by atoms with van der Waals surface area (Å²) >= 11 is 6.04. The first-order chi connectivity index (χ1) is 13.7. The van der Waals surface area contributed by atoms with Crippen LogP contribution in [0.3, 0.4) is 0 Å². The van der Waals surface area contributed by atoms with Gasteiger partial charge in [-0.15, -0.1) is 0 Å². The molecule has 0 fully saturated rings. The Bertz CT molecular complexity index is 958. The van der Waals surface area contributed by atoms with Crippen molar-refractivity contribution in [2.24, 2.45) is 0 Å². The van der Waals surface area contributed by atoms with Crippen LogP contribution in [0, 0.1) is 24.0 Å². The van der Waals surface area contributed by atoms with E-state index in [1.54, 1.807) is 0 Å². The van der Waals surface area contributed by atoms with Gasteiger partial charge in [-0.25, -0.2) is 0 Å². The first-order valence-corrected chi connectivity index (χ1v) is 8.61. The van der Waals surface area contributed by atoms with E-state index in [2.05, 4.69) is 10.4 Å². The molecule has 12 heteroatoms. The first kappa shape index (κ1) is 22.0. The molecule has 0 aliphatic rings. The van der Waals surface area contributed by atoms with E-state index in [0.29, 0.717) is 11.5 Å². The van der Waals surface area contributed by atoms with Crippen LogP contribution in [-0.2, 0) is 20.9 Å². The molecule has 1 heterocycles. The summed E-state index contributed by atoms with van der Waals surface area (Å²) in [6.07, 6.45) is 0. The summed E-state index contributed by atoms with van der Waals surface area (Å²) in [5, 5.41) is 17.7. The summed E-state index contributed by atoms with van der Waals surface area (Å²) in [5.41, 5.74) is 0.501. The van der Waals surface area contributed by atoms with E-state index in [-0.39, 0.29) is 34.3 Å². The van der Waals surface area contributed by atoms with E-state index in [1.165, 1.54) is 40.2 Å². The lowest BCUT2D eigenvalue weighted by Crippen LogP contribution is -2.23. The predicted molar refractivity (Wildman–Crippen MR) is 103 cm³/mol. The predicted octanol–water partition coefficient (Wildman–Crippen LogP) is 2.26. The van der Waals surface area contributed by atoms with Crippen molar-refractivity contribution in [1.82, 2.24) is 9.78 Å². The number of nitrogens with zero attached hydrogens (tertiary/aromatic N) is 3. The van der Waals surface area contributed by atoms with Crippen LogP contribution in [0.15, 0.2) is 12.1 Å². The van der Waals surface area contributed by atoms with Gasteiger partial charge in [0.1, 0.15) is 29.4 Å². The molecule has 1 aromatic heterocycles. The number of methoxy groups -OCH3 is 2. The van der Waals surface area contributed by atoms with Crippen molar-refractivity contribution in [3.05, 3.63) is 38.7 Å². The summed E-state index contributed by atoms with van der Waals surface area (Å²) in [4.78, 5) is 34.5. The highest BCUT2D eigenvalue weighted by atomic mass is 35.5. The number of carbonyl (C=O) groups is 2. The van der Waals surface area contributed by atoms with Crippen molar-refractivity contribution < 1.29 is 28.7 Å². The molecule has 2 rings (SSSR count). The van der Waals surface area contributed by atoms with Gasteiger partial charge in [-0.1, -0.05) is 11.6 Å². The largest absolute Gasteiger partial charge is 0.495 e. The van der Waals surface area contributed by atoms with Gasteiger partial charge in [0.05, 0.1) is 29.9 Å². The third-order valence-corrected chi connectivity index (χ3v) is 4.21. The number of aryl methyl sites for hydroxylation is 1. The minimum Gasteiger partial charge on any atom is -0.495 e. The number of nitrogens with one attached hydrogen (secondary N) is 1. The van der Waals surface area contributed by atoms with Crippen molar-refractivity contribution >= 4 is 34.9 Å². The number of rotatable bonds is 8. The van der Waals surface area contributed by atoms with Gasteiger partial charge in [-0.2, -0.15) is 5.10 Å². The molecule has 0 saturated carbocycles. The number of carbonyl (C=O) groups excluding carboxylic acids is 2. The third-order valence-electron chi connectivity index (χ3n) is 3.92. The van der Waals surface area contributed by atoms with E-state index >= 15 is 0 Å². The molecule has 1 amide bonds. The fourth-order valence-corrected chi connectivity index (χ4v) is 2.80. The minimum atomic E-state index is -0.777. The van der Waals surface area contributed by atoms with Crippen LogP contribution in [0.1, 0.15) is 11.4 Å². The highest BCUT2D eigenvalue weighted by Crippen LogP contribution is 2.35. The molecule has 1 aromatic carbocycles. The van der Waals surface area contributed by atoms with Gasteiger partial charge in [-0.05, 0) is 19.9 Å². The summed E-state index contributed by atoms with van der Waals surface area (Å²) in [6, 6.07) is 2.94. The normalized spacial score (nSPS) is 10.4. The molecule has 1 N–H and O–H groups in total. The summed E-state index contributed by atoms with van der Waals surface area (Å²) < 4.78 is 16.3. The molecule has 0 unspecified atom stereocenters. The van der Waals surface area contributed by atoms with E-state index in [9.17, 15) is 19.7 Å². The molecule has 156 valence electrons. The number of amides is 1. The quantitative estimate of drug-likeness (QED) is 0.385. The summed E-state index contributed by atoms with van der Waals surface area (Å²) in [7, 11) is 2.85. The number of esters is 1. The molecule has 0 bridgehead atoms. The number of hydrogen-bond donors (Lipinski definition) is 1. The van der Waals surface area contributed by atoms with E-state index in [4.69, 9.17) is 25.8 Å². The van der Waals surface area contributed by atoms with Crippen molar-refractivity contribution in [2.45, 2.75) is 20.4 Å².